The monoisotopic (exact) mass is 301 g/mol. The minimum Gasteiger partial charge on any atom is -0.341 e. The van der Waals surface area contributed by atoms with E-state index in [2.05, 4.69) is 42.2 Å². The van der Waals surface area contributed by atoms with Gasteiger partial charge < -0.3 is 10.6 Å². The molecule has 1 aromatic carbocycles. The van der Waals surface area contributed by atoms with Crippen molar-refractivity contribution in [2.24, 2.45) is 5.73 Å². The zero-order valence-electron chi connectivity index (χ0n) is 13.7. The van der Waals surface area contributed by atoms with Crippen LogP contribution in [0.3, 0.4) is 0 Å². The van der Waals surface area contributed by atoms with Crippen molar-refractivity contribution in [3.05, 3.63) is 35.9 Å². The number of piperidine rings is 1. The van der Waals surface area contributed by atoms with E-state index in [9.17, 15) is 4.79 Å². The molecular weight excluding hydrogens is 274 g/mol. The van der Waals surface area contributed by atoms with Crippen molar-refractivity contribution in [2.45, 2.75) is 56.8 Å². The van der Waals surface area contributed by atoms with E-state index >= 15 is 0 Å². The highest BCUT2D eigenvalue weighted by Gasteiger charge is 2.48. The third-order valence-corrected chi connectivity index (χ3v) is 5.30. The Kier molecular flexibility index (Phi) is 4.24. The molecule has 3 rings (SSSR count). The van der Waals surface area contributed by atoms with Gasteiger partial charge in [0.15, 0.2) is 0 Å². The summed E-state index contributed by atoms with van der Waals surface area (Å²) in [6.45, 7) is 4.30. The van der Waals surface area contributed by atoms with Crippen molar-refractivity contribution < 1.29 is 4.79 Å². The van der Waals surface area contributed by atoms with Gasteiger partial charge in [-0.3, -0.25) is 9.69 Å². The minimum absolute atomic E-state index is 0.140. The van der Waals surface area contributed by atoms with Crippen molar-refractivity contribution in [3.63, 3.8) is 0 Å². The van der Waals surface area contributed by atoms with E-state index in [0.29, 0.717) is 12.1 Å². The topological polar surface area (TPSA) is 49.6 Å². The highest BCUT2D eigenvalue weighted by Crippen LogP contribution is 2.35. The molecule has 2 aliphatic rings. The fourth-order valence-electron chi connectivity index (χ4n) is 3.47. The molecule has 1 aliphatic heterocycles. The number of amides is 1. The summed E-state index contributed by atoms with van der Waals surface area (Å²) < 4.78 is 0. The number of hydrogen-bond donors (Lipinski definition) is 1. The van der Waals surface area contributed by atoms with Crippen LogP contribution in [-0.4, -0.2) is 46.9 Å². The molecule has 1 saturated carbocycles. The first kappa shape index (κ1) is 15.5. The first-order chi connectivity index (χ1) is 10.5. The standard InChI is InChI=1S/C18H27N3O/c1-14-12-16(20(2)17(22)18(19)9-10-18)8-11-21(14)13-15-6-4-3-5-7-15/h3-7,14,16H,8-13,19H2,1-2H3/t14-,16-/m1/s1. The molecule has 4 nitrogen and oxygen atoms in total. The number of nitrogens with two attached hydrogens (primary N) is 1. The quantitative estimate of drug-likeness (QED) is 0.925. The van der Waals surface area contributed by atoms with Gasteiger partial charge in [0.1, 0.15) is 0 Å². The van der Waals surface area contributed by atoms with Crippen LogP contribution in [0, 0.1) is 0 Å². The van der Waals surface area contributed by atoms with Gasteiger partial charge in [0.2, 0.25) is 5.91 Å². The Balaban J connectivity index is 1.56. The molecule has 1 aliphatic carbocycles. The maximum Gasteiger partial charge on any atom is 0.242 e. The Morgan fingerprint density at radius 3 is 2.64 bits per heavy atom. The van der Waals surface area contributed by atoms with E-state index in [4.69, 9.17) is 5.73 Å². The number of carbonyl (C=O) groups is 1. The van der Waals surface area contributed by atoms with Crippen LogP contribution >= 0.6 is 0 Å². The summed E-state index contributed by atoms with van der Waals surface area (Å²) in [5, 5.41) is 0. The van der Waals surface area contributed by atoms with E-state index in [1.54, 1.807) is 0 Å². The molecule has 4 heteroatoms. The molecule has 120 valence electrons. The fourth-order valence-corrected chi connectivity index (χ4v) is 3.47. The highest BCUT2D eigenvalue weighted by molar-refractivity contribution is 5.89. The molecule has 1 heterocycles. The molecule has 1 aromatic rings. The second-order valence-electron chi connectivity index (χ2n) is 7.06. The Morgan fingerprint density at radius 2 is 2.05 bits per heavy atom. The van der Waals surface area contributed by atoms with Gasteiger partial charge in [0.05, 0.1) is 5.54 Å². The number of hydrogen-bond acceptors (Lipinski definition) is 3. The Bertz CT molecular complexity index is 526. The van der Waals surface area contributed by atoms with Crippen molar-refractivity contribution in [1.29, 1.82) is 0 Å². The van der Waals surface area contributed by atoms with Gasteiger partial charge in [-0.05, 0) is 38.2 Å². The van der Waals surface area contributed by atoms with Gasteiger partial charge in [-0.15, -0.1) is 0 Å². The third-order valence-electron chi connectivity index (χ3n) is 5.30. The Morgan fingerprint density at radius 1 is 1.36 bits per heavy atom. The van der Waals surface area contributed by atoms with Crippen LogP contribution in [0.15, 0.2) is 30.3 Å². The molecule has 22 heavy (non-hydrogen) atoms. The molecule has 2 atom stereocenters. The van der Waals surface area contributed by atoms with Crippen LogP contribution < -0.4 is 5.73 Å². The minimum atomic E-state index is -0.542. The molecular formula is C18H27N3O. The maximum atomic E-state index is 12.4. The summed E-state index contributed by atoms with van der Waals surface area (Å²) in [5.41, 5.74) is 6.88. The zero-order chi connectivity index (χ0) is 15.7. The molecule has 1 amide bonds. The predicted molar refractivity (Wildman–Crippen MR) is 88.3 cm³/mol. The first-order valence-electron chi connectivity index (χ1n) is 8.34. The summed E-state index contributed by atoms with van der Waals surface area (Å²) in [6, 6.07) is 11.4. The lowest BCUT2D eigenvalue weighted by atomic mass is 9.96. The van der Waals surface area contributed by atoms with Crippen molar-refractivity contribution in [2.75, 3.05) is 13.6 Å². The van der Waals surface area contributed by atoms with Crippen molar-refractivity contribution in [1.82, 2.24) is 9.80 Å². The normalized spacial score (nSPS) is 27.4. The Hall–Kier alpha value is -1.39. The van der Waals surface area contributed by atoms with Crippen LogP contribution in [0.4, 0.5) is 0 Å². The highest BCUT2D eigenvalue weighted by atomic mass is 16.2. The lowest BCUT2D eigenvalue weighted by Gasteiger charge is -2.41. The summed E-state index contributed by atoms with van der Waals surface area (Å²) in [7, 11) is 1.93. The number of rotatable bonds is 4. The van der Waals surface area contributed by atoms with Gasteiger partial charge >= 0.3 is 0 Å². The summed E-state index contributed by atoms with van der Waals surface area (Å²) in [6.07, 6.45) is 3.76. The van der Waals surface area contributed by atoms with Gasteiger partial charge in [0, 0.05) is 32.2 Å². The Labute approximate surface area is 133 Å². The van der Waals surface area contributed by atoms with Crippen LogP contribution in [0.1, 0.15) is 38.2 Å². The molecule has 2 fully saturated rings. The number of benzene rings is 1. The number of likely N-dealkylation sites (N-methyl/N-ethyl adjacent to an activating group) is 1. The fraction of sp³-hybridized carbons (Fsp3) is 0.611. The van der Waals surface area contributed by atoms with E-state index in [1.807, 2.05) is 11.9 Å². The molecule has 0 aromatic heterocycles. The number of carbonyl (C=O) groups excluding carboxylic acids is 1. The number of nitrogens with zero attached hydrogens (tertiary/aromatic N) is 2. The lowest BCUT2D eigenvalue weighted by molar-refractivity contribution is -0.135. The van der Waals surface area contributed by atoms with E-state index in [0.717, 1.165) is 38.8 Å². The van der Waals surface area contributed by atoms with Gasteiger partial charge in [0.25, 0.3) is 0 Å². The van der Waals surface area contributed by atoms with Crippen LogP contribution in [0.25, 0.3) is 0 Å². The van der Waals surface area contributed by atoms with Crippen molar-refractivity contribution >= 4 is 5.91 Å². The SMILES string of the molecule is C[C@@H]1C[C@H](N(C)C(=O)C2(N)CC2)CCN1Cc1ccccc1. The zero-order valence-corrected chi connectivity index (χ0v) is 13.7. The second kappa shape index (κ2) is 6.01. The van der Waals surface area contributed by atoms with E-state index < -0.39 is 5.54 Å². The molecule has 0 spiro atoms. The molecule has 1 saturated heterocycles. The van der Waals surface area contributed by atoms with Gasteiger partial charge in [-0.25, -0.2) is 0 Å². The third kappa shape index (κ3) is 3.18. The largest absolute Gasteiger partial charge is 0.341 e. The summed E-state index contributed by atoms with van der Waals surface area (Å²) >= 11 is 0. The second-order valence-corrected chi connectivity index (χ2v) is 7.06. The molecule has 2 N–H and O–H groups in total. The first-order valence-corrected chi connectivity index (χ1v) is 8.34. The van der Waals surface area contributed by atoms with Crippen LogP contribution in [-0.2, 0) is 11.3 Å². The molecule has 0 radical (unpaired) electrons. The van der Waals surface area contributed by atoms with Crippen LogP contribution in [0.2, 0.25) is 0 Å². The smallest absolute Gasteiger partial charge is 0.242 e. The summed E-state index contributed by atoms with van der Waals surface area (Å²) in [5.74, 6) is 0.140. The molecule has 0 unspecified atom stereocenters. The average molecular weight is 301 g/mol. The predicted octanol–water partition coefficient (Wildman–Crippen LogP) is 1.99. The average Bonchev–Trinajstić information content (AvgIpc) is 3.28. The molecule has 0 bridgehead atoms. The van der Waals surface area contributed by atoms with E-state index in [-0.39, 0.29) is 5.91 Å². The maximum absolute atomic E-state index is 12.4. The van der Waals surface area contributed by atoms with Gasteiger partial charge in [-0.2, -0.15) is 0 Å². The van der Waals surface area contributed by atoms with Gasteiger partial charge in [-0.1, -0.05) is 30.3 Å². The van der Waals surface area contributed by atoms with E-state index in [1.165, 1.54) is 5.56 Å². The van der Waals surface area contributed by atoms with Crippen LogP contribution in [0.5, 0.6) is 0 Å². The lowest BCUT2D eigenvalue weighted by Crippen LogP contribution is -2.53. The summed E-state index contributed by atoms with van der Waals surface area (Å²) in [4.78, 5) is 16.8. The number of likely N-dealkylation sites (tertiary alicyclic amines) is 1. The van der Waals surface area contributed by atoms with Crippen molar-refractivity contribution in [3.8, 4) is 0 Å².